The number of fused-ring (bicyclic) bond motifs is 2. The monoisotopic (exact) mass is 406 g/mol. The molecule has 7 heteroatoms. The minimum absolute atomic E-state index is 0.145. The van der Waals surface area contributed by atoms with E-state index in [2.05, 4.69) is 24.3 Å². The van der Waals surface area contributed by atoms with E-state index in [4.69, 9.17) is 4.74 Å². The van der Waals surface area contributed by atoms with Crippen molar-refractivity contribution in [1.82, 2.24) is 9.78 Å². The Labute approximate surface area is 174 Å². The maximum atomic E-state index is 13.4. The van der Waals surface area contributed by atoms with Gasteiger partial charge in [0.25, 0.3) is 0 Å². The number of carbonyl (C=O) groups is 1. The third-order valence-electron chi connectivity index (χ3n) is 4.32. The number of hydrogen-bond donors (Lipinski definition) is 1. The first kappa shape index (κ1) is 21.1. The minimum Gasteiger partial charge on any atom is -0.487 e. The number of hydrogen-bond acceptors (Lipinski definition) is 4. The number of nitrogens with zero attached hydrogens (tertiary/aromatic N) is 3. The smallest absolute Gasteiger partial charge is 0.221 e. The fourth-order valence-corrected chi connectivity index (χ4v) is 3.09. The highest BCUT2D eigenvalue weighted by molar-refractivity contribution is 5.88. The number of anilines is 1. The van der Waals surface area contributed by atoms with Crippen LogP contribution in [0.25, 0.3) is 11.3 Å². The van der Waals surface area contributed by atoms with Gasteiger partial charge in [-0.25, -0.2) is 4.39 Å². The van der Waals surface area contributed by atoms with Crippen molar-refractivity contribution < 1.29 is 13.9 Å². The third-order valence-corrected chi connectivity index (χ3v) is 4.32. The lowest BCUT2D eigenvalue weighted by molar-refractivity contribution is -0.114. The number of nitriles is 1. The average molecular weight is 406 g/mol. The summed E-state index contributed by atoms with van der Waals surface area (Å²) in [5.74, 6) is 0.0878. The van der Waals surface area contributed by atoms with Gasteiger partial charge >= 0.3 is 0 Å². The van der Waals surface area contributed by atoms with Crippen LogP contribution in [0.4, 0.5) is 10.1 Å². The second-order valence-electron chi connectivity index (χ2n) is 6.98. The van der Waals surface area contributed by atoms with Crippen molar-refractivity contribution in [2.24, 2.45) is 0 Å². The van der Waals surface area contributed by atoms with E-state index in [9.17, 15) is 14.4 Å². The van der Waals surface area contributed by atoms with Crippen LogP contribution in [0, 0.1) is 17.1 Å². The van der Waals surface area contributed by atoms with Gasteiger partial charge in [0.15, 0.2) is 0 Å². The lowest BCUT2D eigenvalue weighted by Crippen LogP contribution is -2.06. The predicted molar refractivity (Wildman–Crippen MR) is 112 cm³/mol. The molecule has 6 nitrogen and oxygen atoms in total. The Morgan fingerprint density at radius 2 is 2.03 bits per heavy atom. The molecule has 1 amide bonds. The highest BCUT2D eigenvalue weighted by Crippen LogP contribution is 2.30. The van der Waals surface area contributed by atoms with Gasteiger partial charge in [-0.05, 0) is 30.3 Å². The number of aromatic nitrogens is 2. The van der Waals surface area contributed by atoms with Crippen LogP contribution in [0.15, 0.2) is 42.5 Å². The molecule has 1 N–H and O–H groups in total. The lowest BCUT2D eigenvalue weighted by atomic mass is 10.1. The SMILES string of the molecule is CC(=O)Nc1ccc2c(c1)OCc1cc(-c3ccc(F)cc3C#N)nn1C2.CCC. The van der Waals surface area contributed by atoms with Crippen LogP contribution in [-0.4, -0.2) is 15.7 Å². The Morgan fingerprint density at radius 1 is 1.27 bits per heavy atom. The molecule has 2 aromatic carbocycles. The molecule has 1 aliphatic rings. The molecule has 0 saturated carbocycles. The van der Waals surface area contributed by atoms with Gasteiger partial charge in [0, 0.05) is 29.8 Å². The molecular formula is C23H23FN4O2. The Hall–Kier alpha value is -3.66. The molecule has 0 bridgehead atoms. The highest BCUT2D eigenvalue weighted by atomic mass is 19.1. The third kappa shape index (κ3) is 4.66. The molecule has 0 saturated heterocycles. The Morgan fingerprint density at radius 3 is 2.73 bits per heavy atom. The van der Waals surface area contributed by atoms with Crippen LogP contribution in [-0.2, 0) is 17.9 Å². The number of rotatable bonds is 2. The van der Waals surface area contributed by atoms with Gasteiger partial charge in [0.2, 0.25) is 5.91 Å². The summed E-state index contributed by atoms with van der Waals surface area (Å²) in [4.78, 5) is 11.2. The largest absolute Gasteiger partial charge is 0.487 e. The van der Waals surface area contributed by atoms with Crippen molar-refractivity contribution >= 4 is 11.6 Å². The second-order valence-corrected chi connectivity index (χ2v) is 6.98. The summed E-state index contributed by atoms with van der Waals surface area (Å²) in [5, 5.41) is 16.6. The van der Waals surface area contributed by atoms with Crippen molar-refractivity contribution in [3.63, 3.8) is 0 Å². The van der Waals surface area contributed by atoms with Crippen LogP contribution in [0.1, 0.15) is 44.0 Å². The quantitative estimate of drug-likeness (QED) is 0.658. The molecule has 1 aromatic heterocycles. The van der Waals surface area contributed by atoms with Crippen LogP contribution in [0.5, 0.6) is 5.75 Å². The van der Waals surface area contributed by atoms with Gasteiger partial charge in [-0.15, -0.1) is 0 Å². The van der Waals surface area contributed by atoms with Gasteiger partial charge in [0.1, 0.15) is 18.2 Å². The van der Waals surface area contributed by atoms with Gasteiger partial charge in [-0.1, -0.05) is 26.3 Å². The maximum Gasteiger partial charge on any atom is 0.221 e. The number of nitrogens with one attached hydrogen (secondary N) is 1. The highest BCUT2D eigenvalue weighted by Gasteiger charge is 2.19. The Bertz CT molecular complexity index is 1110. The zero-order chi connectivity index (χ0) is 21.7. The first-order valence-electron chi connectivity index (χ1n) is 9.75. The van der Waals surface area contributed by atoms with Crippen molar-refractivity contribution in [3.8, 4) is 23.1 Å². The lowest BCUT2D eigenvalue weighted by Gasteiger charge is -2.09. The van der Waals surface area contributed by atoms with E-state index in [-0.39, 0.29) is 11.5 Å². The average Bonchev–Trinajstić information content (AvgIpc) is 3.02. The molecule has 0 unspecified atom stereocenters. The first-order valence-corrected chi connectivity index (χ1v) is 9.75. The zero-order valence-corrected chi connectivity index (χ0v) is 17.2. The molecule has 1 aliphatic heterocycles. The summed E-state index contributed by atoms with van der Waals surface area (Å²) in [5.41, 5.74) is 3.87. The number of amides is 1. The van der Waals surface area contributed by atoms with E-state index in [1.807, 2.05) is 29.0 Å². The van der Waals surface area contributed by atoms with E-state index in [1.54, 1.807) is 12.1 Å². The number of benzene rings is 2. The van der Waals surface area contributed by atoms with Gasteiger partial charge in [-0.2, -0.15) is 10.4 Å². The molecule has 2 heterocycles. The molecule has 154 valence electrons. The summed E-state index contributed by atoms with van der Waals surface area (Å²) in [6.07, 6.45) is 1.25. The van der Waals surface area contributed by atoms with Gasteiger partial charge in [-0.3, -0.25) is 9.48 Å². The second kappa shape index (κ2) is 9.23. The van der Waals surface area contributed by atoms with E-state index in [1.165, 1.54) is 25.5 Å². The minimum atomic E-state index is -0.455. The molecule has 4 rings (SSSR count). The van der Waals surface area contributed by atoms with Crippen molar-refractivity contribution in [2.75, 3.05) is 5.32 Å². The van der Waals surface area contributed by atoms with E-state index in [0.29, 0.717) is 35.8 Å². The van der Waals surface area contributed by atoms with Crippen molar-refractivity contribution in [2.45, 2.75) is 40.3 Å². The van der Waals surface area contributed by atoms with Gasteiger partial charge in [0.05, 0.1) is 29.6 Å². The molecular weight excluding hydrogens is 383 g/mol. The van der Waals surface area contributed by atoms with Crippen LogP contribution in [0.3, 0.4) is 0 Å². The summed E-state index contributed by atoms with van der Waals surface area (Å²) in [6.45, 7) is 6.50. The van der Waals surface area contributed by atoms with Crippen LogP contribution in [0.2, 0.25) is 0 Å². The summed E-state index contributed by atoms with van der Waals surface area (Å²) < 4.78 is 21.1. The predicted octanol–water partition coefficient (Wildman–Crippen LogP) is 4.88. The molecule has 0 aliphatic carbocycles. The molecule has 0 atom stereocenters. The molecule has 0 radical (unpaired) electrons. The zero-order valence-electron chi connectivity index (χ0n) is 17.2. The van der Waals surface area contributed by atoms with Crippen LogP contribution < -0.4 is 10.1 Å². The van der Waals surface area contributed by atoms with Crippen molar-refractivity contribution in [3.05, 3.63) is 65.1 Å². The van der Waals surface area contributed by atoms with E-state index < -0.39 is 5.82 Å². The van der Waals surface area contributed by atoms with E-state index in [0.717, 1.165) is 11.3 Å². The Kier molecular flexibility index (Phi) is 6.48. The standard InChI is InChI=1S/C20H15FN4O2.C3H8/c1-12(26)23-16-4-2-13-10-25-17(11-27-20(13)7-16)8-19(24-25)18-5-3-15(21)6-14(18)9-22;1-3-2/h2-8H,10-11H2,1H3,(H,23,26);3H2,1-2H3. The normalized spacial score (nSPS) is 11.6. The Balaban J connectivity index is 0.000000806. The fourth-order valence-electron chi connectivity index (χ4n) is 3.09. The molecule has 0 spiro atoms. The summed E-state index contributed by atoms with van der Waals surface area (Å²) in [6, 6.07) is 13.4. The summed E-state index contributed by atoms with van der Waals surface area (Å²) >= 11 is 0. The number of halogens is 1. The summed E-state index contributed by atoms with van der Waals surface area (Å²) in [7, 11) is 0. The van der Waals surface area contributed by atoms with Gasteiger partial charge < -0.3 is 10.1 Å². The van der Waals surface area contributed by atoms with E-state index >= 15 is 0 Å². The topological polar surface area (TPSA) is 79.9 Å². The number of ether oxygens (including phenoxy) is 1. The fraction of sp³-hybridized carbons (Fsp3) is 0.261. The first-order chi connectivity index (χ1) is 14.4. The maximum absolute atomic E-state index is 13.4. The molecule has 3 aromatic rings. The van der Waals surface area contributed by atoms with Crippen LogP contribution >= 0.6 is 0 Å². The van der Waals surface area contributed by atoms with Crippen molar-refractivity contribution in [1.29, 1.82) is 5.26 Å². The molecule has 30 heavy (non-hydrogen) atoms. The molecule has 0 fully saturated rings. The number of carbonyl (C=O) groups excluding carboxylic acids is 1.